The molecule has 2 unspecified atom stereocenters. The second kappa shape index (κ2) is 4.47. The molecule has 2 aliphatic rings. The quantitative estimate of drug-likeness (QED) is 0.825. The van der Waals surface area contributed by atoms with Crippen molar-refractivity contribution in [2.24, 2.45) is 11.8 Å². The largest absolute Gasteiger partial charge is 0.346 e. The van der Waals surface area contributed by atoms with E-state index in [4.69, 9.17) is 4.98 Å². The summed E-state index contributed by atoms with van der Waals surface area (Å²) in [6.45, 7) is 4.69. The molecule has 0 amide bonds. The van der Waals surface area contributed by atoms with Crippen LogP contribution in [0.15, 0.2) is 0 Å². The smallest absolute Gasteiger partial charge is 0.106 e. The summed E-state index contributed by atoms with van der Waals surface area (Å²) in [5.74, 6) is 3.64. The van der Waals surface area contributed by atoms with Crippen LogP contribution in [0.4, 0.5) is 0 Å². The molecule has 1 heterocycles. The molecule has 0 radical (unpaired) electrons. The molecule has 17 heavy (non-hydrogen) atoms. The molecule has 1 fully saturated rings. The molecule has 1 saturated carbocycles. The average Bonchev–Trinajstić information content (AvgIpc) is 2.87. The zero-order valence-electron chi connectivity index (χ0n) is 11.1. The van der Waals surface area contributed by atoms with Gasteiger partial charge in [0.2, 0.25) is 0 Å². The summed E-state index contributed by atoms with van der Waals surface area (Å²) in [6.07, 6.45) is 9.39. The molecule has 0 bridgehead atoms. The van der Waals surface area contributed by atoms with Crippen LogP contribution in [0.3, 0.4) is 0 Å². The van der Waals surface area contributed by atoms with E-state index in [1.54, 1.807) is 0 Å². The lowest BCUT2D eigenvalue weighted by atomic mass is 9.84. The molecule has 94 valence electrons. The third kappa shape index (κ3) is 2.27. The molecule has 2 nitrogen and oxygen atoms in total. The van der Waals surface area contributed by atoms with E-state index in [-0.39, 0.29) is 0 Å². The van der Waals surface area contributed by atoms with Crippen LogP contribution < -0.4 is 0 Å². The van der Waals surface area contributed by atoms with Gasteiger partial charge >= 0.3 is 0 Å². The van der Waals surface area contributed by atoms with Gasteiger partial charge in [-0.1, -0.05) is 39.5 Å². The van der Waals surface area contributed by atoms with Crippen LogP contribution in [0.1, 0.15) is 69.1 Å². The number of hydrogen-bond acceptors (Lipinski definition) is 1. The Hall–Kier alpha value is -0.790. The van der Waals surface area contributed by atoms with Crippen molar-refractivity contribution in [1.29, 1.82) is 0 Å². The maximum absolute atomic E-state index is 4.87. The first-order valence-electron chi connectivity index (χ1n) is 7.30. The summed E-state index contributed by atoms with van der Waals surface area (Å²) in [5.41, 5.74) is 2.81. The number of aromatic amines is 1. The average molecular weight is 232 g/mol. The summed E-state index contributed by atoms with van der Waals surface area (Å²) in [4.78, 5) is 8.48. The van der Waals surface area contributed by atoms with Crippen molar-refractivity contribution in [2.75, 3.05) is 0 Å². The normalized spacial score (nSPS) is 29.5. The topological polar surface area (TPSA) is 28.7 Å². The Balaban J connectivity index is 1.76. The Morgan fingerprint density at radius 1 is 1.24 bits per heavy atom. The highest BCUT2D eigenvalue weighted by atomic mass is 14.9. The molecule has 3 rings (SSSR count). The molecule has 1 aromatic heterocycles. The van der Waals surface area contributed by atoms with E-state index in [0.717, 1.165) is 11.8 Å². The van der Waals surface area contributed by atoms with Crippen molar-refractivity contribution >= 4 is 0 Å². The minimum atomic E-state index is 0.655. The number of rotatable bonds is 2. The van der Waals surface area contributed by atoms with E-state index in [1.165, 1.54) is 62.2 Å². The molecule has 0 aliphatic heterocycles. The van der Waals surface area contributed by atoms with Crippen molar-refractivity contribution in [3.8, 4) is 0 Å². The van der Waals surface area contributed by atoms with Gasteiger partial charge in [-0.05, 0) is 24.7 Å². The number of hydrogen-bond donors (Lipinski definition) is 1. The van der Waals surface area contributed by atoms with Gasteiger partial charge in [-0.25, -0.2) is 4.98 Å². The lowest BCUT2D eigenvalue weighted by molar-refractivity contribution is 0.440. The second-order valence-corrected chi connectivity index (χ2v) is 6.35. The minimum absolute atomic E-state index is 0.655. The van der Waals surface area contributed by atoms with E-state index in [2.05, 4.69) is 18.8 Å². The summed E-state index contributed by atoms with van der Waals surface area (Å²) < 4.78 is 0. The van der Waals surface area contributed by atoms with E-state index >= 15 is 0 Å². The van der Waals surface area contributed by atoms with Gasteiger partial charge in [0.05, 0.1) is 5.69 Å². The van der Waals surface area contributed by atoms with Gasteiger partial charge in [0, 0.05) is 18.0 Å². The van der Waals surface area contributed by atoms with Gasteiger partial charge < -0.3 is 4.98 Å². The molecule has 2 aliphatic carbocycles. The van der Waals surface area contributed by atoms with Crippen LogP contribution in [0.25, 0.3) is 0 Å². The van der Waals surface area contributed by atoms with Crippen molar-refractivity contribution in [1.82, 2.24) is 9.97 Å². The lowest BCUT2D eigenvalue weighted by Gasteiger charge is -2.22. The van der Waals surface area contributed by atoms with E-state index < -0.39 is 0 Å². The molecular formula is C15H24N2. The Morgan fingerprint density at radius 2 is 2.00 bits per heavy atom. The third-order valence-electron chi connectivity index (χ3n) is 4.59. The highest BCUT2D eigenvalue weighted by molar-refractivity contribution is 5.22. The van der Waals surface area contributed by atoms with Gasteiger partial charge in [0.15, 0.2) is 0 Å². The Kier molecular flexibility index (Phi) is 2.97. The van der Waals surface area contributed by atoms with Gasteiger partial charge in [0.25, 0.3) is 0 Å². The predicted molar refractivity (Wildman–Crippen MR) is 70.1 cm³/mol. The molecule has 2 atom stereocenters. The van der Waals surface area contributed by atoms with Crippen molar-refractivity contribution < 1.29 is 0 Å². The fourth-order valence-corrected chi connectivity index (χ4v) is 3.77. The Bertz CT molecular complexity index is 388. The van der Waals surface area contributed by atoms with Crippen LogP contribution in [-0.4, -0.2) is 9.97 Å². The lowest BCUT2D eigenvalue weighted by Crippen LogP contribution is -2.14. The molecule has 0 saturated heterocycles. The van der Waals surface area contributed by atoms with E-state index in [0.29, 0.717) is 5.92 Å². The van der Waals surface area contributed by atoms with Crippen molar-refractivity contribution in [3.05, 3.63) is 17.2 Å². The summed E-state index contributed by atoms with van der Waals surface area (Å²) >= 11 is 0. The molecule has 1 aromatic rings. The molecule has 1 N–H and O–H groups in total. The van der Waals surface area contributed by atoms with E-state index in [1.807, 2.05) is 0 Å². The van der Waals surface area contributed by atoms with Crippen molar-refractivity contribution in [3.63, 3.8) is 0 Å². The standard InChI is InChI=1S/C15H24N2/c1-10-7-11(2)15-13(8-10)16-14(17-15)9-12-5-3-4-6-12/h10-12H,3-9H2,1-2H3,(H,16,17). The van der Waals surface area contributed by atoms with Crippen LogP contribution in [-0.2, 0) is 12.8 Å². The van der Waals surface area contributed by atoms with Crippen LogP contribution in [0.5, 0.6) is 0 Å². The Morgan fingerprint density at radius 3 is 2.76 bits per heavy atom. The monoisotopic (exact) mass is 232 g/mol. The number of fused-ring (bicyclic) bond motifs is 1. The van der Waals surface area contributed by atoms with Crippen LogP contribution >= 0.6 is 0 Å². The Labute approximate surface area is 104 Å². The van der Waals surface area contributed by atoms with Crippen LogP contribution in [0, 0.1) is 11.8 Å². The van der Waals surface area contributed by atoms with E-state index in [9.17, 15) is 0 Å². The van der Waals surface area contributed by atoms with Gasteiger partial charge in [0.1, 0.15) is 5.82 Å². The molecule has 0 aromatic carbocycles. The SMILES string of the molecule is CC1Cc2[nH]c(CC3CCCC3)nc2C(C)C1. The zero-order chi connectivity index (χ0) is 11.8. The summed E-state index contributed by atoms with van der Waals surface area (Å²) in [7, 11) is 0. The molecular weight excluding hydrogens is 208 g/mol. The first kappa shape index (κ1) is 11.3. The number of aromatic nitrogens is 2. The van der Waals surface area contributed by atoms with Gasteiger partial charge in [-0.15, -0.1) is 0 Å². The number of imidazole rings is 1. The fraction of sp³-hybridized carbons (Fsp3) is 0.800. The minimum Gasteiger partial charge on any atom is -0.346 e. The van der Waals surface area contributed by atoms with Crippen LogP contribution in [0.2, 0.25) is 0 Å². The first-order valence-corrected chi connectivity index (χ1v) is 7.30. The first-order chi connectivity index (χ1) is 8.22. The maximum Gasteiger partial charge on any atom is 0.106 e. The van der Waals surface area contributed by atoms with Crippen molar-refractivity contribution in [2.45, 2.75) is 64.7 Å². The third-order valence-corrected chi connectivity index (χ3v) is 4.59. The zero-order valence-corrected chi connectivity index (χ0v) is 11.1. The maximum atomic E-state index is 4.87. The highest BCUT2D eigenvalue weighted by Gasteiger charge is 2.26. The number of nitrogens with one attached hydrogen (secondary N) is 1. The fourth-order valence-electron chi connectivity index (χ4n) is 3.77. The molecule has 2 heteroatoms. The second-order valence-electron chi connectivity index (χ2n) is 6.35. The summed E-state index contributed by atoms with van der Waals surface area (Å²) in [5, 5.41) is 0. The van der Waals surface area contributed by atoms with Gasteiger partial charge in [-0.2, -0.15) is 0 Å². The number of H-pyrrole nitrogens is 1. The number of nitrogens with zero attached hydrogens (tertiary/aromatic N) is 1. The van der Waals surface area contributed by atoms with Gasteiger partial charge in [-0.3, -0.25) is 0 Å². The molecule has 0 spiro atoms. The predicted octanol–water partition coefficient (Wildman–Crippen LogP) is 3.83. The summed E-state index contributed by atoms with van der Waals surface area (Å²) in [6, 6.07) is 0. The highest BCUT2D eigenvalue weighted by Crippen LogP contribution is 2.34.